The molecular weight excluding hydrogens is 260 g/mol. The van der Waals surface area contributed by atoms with Gasteiger partial charge in [-0.15, -0.1) is 0 Å². The molecule has 0 N–H and O–H groups in total. The van der Waals surface area contributed by atoms with Crippen LogP contribution < -0.4 is 4.74 Å². The van der Waals surface area contributed by atoms with Gasteiger partial charge in [-0.2, -0.15) is 12.6 Å². The summed E-state index contributed by atoms with van der Waals surface area (Å²) >= 11 is 7.48. The van der Waals surface area contributed by atoms with Crippen LogP contribution >= 0.6 is 28.6 Å². The average Bonchev–Trinajstić information content (AvgIpc) is 2.15. The van der Waals surface area contributed by atoms with Gasteiger partial charge in [0.15, 0.2) is 0 Å². The van der Waals surface area contributed by atoms with Crippen molar-refractivity contribution in [3.8, 4) is 5.75 Å². The number of hydrogen-bond donors (Lipinski definition) is 1. The monoisotopic (exact) mass is 272 g/mol. The first-order valence-corrected chi connectivity index (χ1v) is 5.81. The lowest BCUT2D eigenvalue weighted by Gasteiger charge is -2.06. The number of halogens is 1. The Hall–Kier alpha value is -0.410. The second-order valence-electron chi connectivity index (χ2n) is 2.87. The van der Waals surface area contributed by atoms with Crippen molar-refractivity contribution >= 4 is 28.6 Å². The Morgan fingerprint density at radius 2 is 2.21 bits per heavy atom. The molecule has 76 valence electrons. The predicted octanol–water partition coefficient (Wildman–Crippen LogP) is 3.62. The third-order valence-corrected chi connectivity index (χ3v) is 2.45. The van der Waals surface area contributed by atoms with E-state index in [0.717, 1.165) is 21.5 Å². The Morgan fingerprint density at radius 1 is 1.43 bits per heavy atom. The van der Waals surface area contributed by atoms with E-state index in [0.29, 0.717) is 6.61 Å². The standard InChI is InChI=1S/C11H13BrOS/c1-9-8-10(12)4-5-11(9)13-6-2-3-7-14/h2-5,8,14H,6-7H2,1H3. The second-order valence-corrected chi connectivity index (χ2v) is 4.16. The molecule has 0 aromatic heterocycles. The van der Waals surface area contributed by atoms with Gasteiger partial charge in [-0.1, -0.05) is 28.1 Å². The van der Waals surface area contributed by atoms with Gasteiger partial charge in [0.05, 0.1) is 0 Å². The van der Waals surface area contributed by atoms with Crippen LogP contribution in [0.5, 0.6) is 5.75 Å². The minimum atomic E-state index is 0.600. The van der Waals surface area contributed by atoms with Crippen LogP contribution in [0.1, 0.15) is 5.56 Å². The fraction of sp³-hybridized carbons (Fsp3) is 0.273. The highest BCUT2D eigenvalue weighted by Crippen LogP contribution is 2.21. The summed E-state index contributed by atoms with van der Waals surface area (Å²) in [6, 6.07) is 5.98. The zero-order chi connectivity index (χ0) is 10.4. The van der Waals surface area contributed by atoms with Crippen molar-refractivity contribution in [1.29, 1.82) is 0 Å². The van der Waals surface area contributed by atoms with Crippen LogP contribution in [-0.2, 0) is 0 Å². The molecule has 0 saturated carbocycles. The van der Waals surface area contributed by atoms with Gasteiger partial charge in [0, 0.05) is 10.2 Å². The maximum Gasteiger partial charge on any atom is 0.122 e. The molecule has 1 rings (SSSR count). The zero-order valence-corrected chi connectivity index (χ0v) is 10.5. The molecule has 1 nitrogen and oxygen atoms in total. The molecule has 14 heavy (non-hydrogen) atoms. The Bertz CT molecular complexity index is 323. The molecule has 0 bridgehead atoms. The molecule has 0 heterocycles. The first-order valence-electron chi connectivity index (χ1n) is 4.39. The largest absolute Gasteiger partial charge is 0.489 e. The lowest BCUT2D eigenvalue weighted by Crippen LogP contribution is -1.95. The van der Waals surface area contributed by atoms with E-state index in [1.807, 2.05) is 37.3 Å². The van der Waals surface area contributed by atoms with Crippen LogP contribution in [0, 0.1) is 6.92 Å². The summed E-state index contributed by atoms with van der Waals surface area (Å²) in [4.78, 5) is 0. The van der Waals surface area contributed by atoms with Gasteiger partial charge in [-0.05, 0) is 30.7 Å². The van der Waals surface area contributed by atoms with E-state index in [9.17, 15) is 0 Å². The highest BCUT2D eigenvalue weighted by Gasteiger charge is 1.97. The van der Waals surface area contributed by atoms with E-state index >= 15 is 0 Å². The molecule has 1 aromatic rings. The number of aryl methyl sites for hydroxylation is 1. The highest BCUT2D eigenvalue weighted by atomic mass is 79.9. The summed E-state index contributed by atoms with van der Waals surface area (Å²) in [5.74, 6) is 1.68. The number of thiol groups is 1. The van der Waals surface area contributed by atoms with Gasteiger partial charge in [0.2, 0.25) is 0 Å². The van der Waals surface area contributed by atoms with Crippen molar-refractivity contribution in [2.45, 2.75) is 6.92 Å². The minimum Gasteiger partial charge on any atom is -0.489 e. The molecule has 0 spiro atoms. The summed E-state index contributed by atoms with van der Waals surface area (Å²) in [5.41, 5.74) is 1.14. The van der Waals surface area contributed by atoms with Crippen molar-refractivity contribution in [3.05, 3.63) is 40.4 Å². The number of rotatable bonds is 4. The third kappa shape index (κ3) is 3.76. The van der Waals surface area contributed by atoms with Crippen LogP contribution in [0.25, 0.3) is 0 Å². The second kappa shape index (κ2) is 6.14. The quantitative estimate of drug-likeness (QED) is 0.651. The molecule has 0 aliphatic carbocycles. The number of hydrogen-bond acceptors (Lipinski definition) is 2. The summed E-state index contributed by atoms with van der Waals surface area (Å²) in [6.07, 6.45) is 3.94. The topological polar surface area (TPSA) is 9.23 Å². The zero-order valence-electron chi connectivity index (χ0n) is 8.03. The van der Waals surface area contributed by atoms with Gasteiger partial charge < -0.3 is 4.74 Å². The normalized spacial score (nSPS) is 10.8. The van der Waals surface area contributed by atoms with Crippen LogP contribution in [0.15, 0.2) is 34.8 Å². The molecule has 0 radical (unpaired) electrons. The molecule has 3 heteroatoms. The molecule has 1 aromatic carbocycles. The Labute approximate surface area is 98.7 Å². The molecule has 0 unspecified atom stereocenters. The van der Waals surface area contributed by atoms with E-state index in [1.165, 1.54) is 0 Å². The Morgan fingerprint density at radius 3 is 2.86 bits per heavy atom. The summed E-state index contributed by atoms with van der Waals surface area (Å²) in [7, 11) is 0. The molecule has 0 saturated heterocycles. The van der Waals surface area contributed by atoms with Crippen LogP contribution in [0.2, 0.25) is 0 Å². The van der Waals surface area contributed by atoms with Gasteiger partial charge in [0.25, 0.3) is 0 Å². The number of benzene rings is 1. The Kier molecular flexibility index (Phi) is 5.12. The lowest BCUT2D eigenvalue weighted by molar-refractivity contribution is 0.360. The maximum atomic E-state index is 5.55. The first-order chi connectivity index (χ1) is 6.74. The molecule has 0 atom stereocenters. The first kappa shape index (κ1) is 11.7. The highest BCUT2D eigenvalue weighted by molar-refractivity contribution is 9.10. The van der Waals surface area contributed by atoms with Crippen molar-refractivity contribution in [3.63, 3.8) is 0 Å². The molecule has 0 fully saturated rings. The lowest BCUT2D eigenvalue weighted by atomic mass is 10.2. The summed E-state index contributed by atoms with van der Waals surface area (Å²) in [5, 5.41) is 0. The van der Waals surface area contributed by atoms with Gasteiger partial charge in [0.1, 0.15) is 12.4 Å². The van der Waals surface area contributed by atoms with Crippen molar-refractivity contribution in [2.75, 3.05) is 12.4 Å². The van der Waals surface area contributed by atoms with E-state index < -0.39 is 0 Å². The van der Waals surface area contributed by atoms with Crippen LogP contribution in [0.4, 0.5) is 0 Å². The predicted molar refractivity (Wildman–Crippen MR) is 67.4 cm³/mol. The number of ether oxygens (including phenoxy) is 1. The fourth-order valence-electron chi connectivity index (χ4n) is 1.06. The molecule has 0 amide bonds. The van der Waals surface area contributed by atoms with Crippen LogP contribution in [0.3, 0.4) is 0 Å². The van der Waals surface area contributed by atoms with Gasteiger partial charge >= 0.3 is 0 Å². The molecule has 0 aliphatic heterocycles. The van der Waals surface area contributed by atoms with Gasteiger partial charge in [-0.25, -0.2) is 0 Å². The van der Waals surface area contributed by atoms with Crippen LogP contribution in [-0.4, -0.2) is 12.4 Å². The van der Waals surface area contributed by atoms with E-state index in [1.54, 1.807) is 0 Å². The fourth-order valence-corrected chi connectivity index (χ4v) is 1.68. The van der Waals surface area contributed by atoms with Crippen molar-refractivity contribution in [2.24, 2.45) is 0 Å². The Balaban J connectivity index is 2.55. The van der Waals surface area contributed by atoms with E-state index in [-0.39, 0.29) is 0 Å². The summed E-state index contributed by atoms with van der Waals surface area (Å²) < 4.78 is 6.63. The van der Waals surface area contributed by atoms with E-state index in [4.69, 9.17) is 4.74 Å². The van der Waals surface area contributed by atoms with Gasteiger partial charge in [-0.3, -0.25) is 0 Å². The smallest absolute Gasteiger partial charge is 0.122 e. The molecular formula is C11H13BrOS. The van der Waals surface area contributed by atoms with E-state index in [2.05, 4.69) is 28.6 Å². The molecule has 0 aliphatic rings. The average molecular weight is 273 g/mol. The maximum absolute atomic E-state index is 5.55. The minimum absolute atomic E-state index is 0.600. The SMILES string of the molecule is Cc1cc(Br)ccc1OCC=CCS. The van der Waals surface area contributed by atoms with Crippen molar-refractivity contribution < 1.29 is 4.74 Å². The third-order valence-electron chi connectivity index (χ3n) is 1.74. The summed E-state index contributed by atoms with van der Waals surface area (Å²) in [6.45, 7) is 2.63. The van der Waals surface area contributed by atoms with Crippen molar-refractivity contribution in [1.82, 2.24) is 0 Å².